The van der Waals surface area contributed by atoms with E-state index in [9.17, 15) is 0 Å². The van der Waals surface area contributed by atoms with Crippen LogP contribution in [0.1, 0.15) is 50.5 Å². The van der Waals surface area contributed by atoms with Gasteiger partial charge in [-0.1, -0.05) is 70.8 Å². The summed E-state index contributed by atoms with van der Waals surface area (Å²) >= 11 is 0. The zero-order valence-electron chi connectivity index (χ0n) is 16.9. The summed E-state index contributed by atoms with van der Waals surface area (Å²) in [6.07, 6.45) is 3.04. The molecule has 27 heavy (non-hydrogen) atoms. The Morgan fingerprint density at radius 1 is 0.667 bits per heavy atom. The molecule has 4 rings (SSSR count). The molecule has 0 saturated heterocycles. The van der Waals surface area contributed by atoms with E-state index in [1.165, 1.54) is 55.6 Å². The van der Waals surface area contributed by atoms with E-state index in [-0.39, 0.29) is 6.04 Å². The van der Waals surface area contributed by atoms with Gasteiger partial charge >= 0.3 is 0 Å². The van der Waals surface area contributed by atoms with Crippen molar-refractivity contribution in [2.75, 3.05) is 0 Å². The van der Waals surface area contributed by atoms with Crippen LogP contribution in [0.4, 0.5) is 0 Å². The monoisotopic (exact) mass is 353 g/mol. The molecule has 0 bridgehead atoms. The van der Waals surface area contributed by atoms with E-state index in [0.29, 0.717) is 0 Å². The quantitative estimate of drug-likeness (QED) is 0.491. The molecule has 0 amide bonds. The van der Waals surface area contributed by atoms with Crippen molar-refractivity contribution in [3.05, 3.63) is 93.0 Å². The van der Waals surface area contributed by atoms with Gasteiger partial charge in [0.25, 0.3) is 0 Å². The van der Waals surface area contributed by atoms with E-state index in [1.54, 1.807) is 0 Å². The summed E-state index contributed by atoms with van der Waals surface area (Å²) in [6.45, 7) is 10.9. The summed E-state index contributed by atoms with van der Waals surface area (Å²) in [4.78, 5) is 4.91. The molecule has 1 atom stereocenters. The molecule has 0 fully saturated rings. The molecule has 1 unspecified atom stereocenters. The average molecular weight is 354 g/mol. The predicted molar refractivity (Wildman–Crippen MR) is 116 cm³/mol. The fourth-order valence-corrected chi connectivity index (χ4v) is 4.40. The topological polar surface area (TPSA) is 12.4 Å². The van der Waals surface area contributed by atoms with E-state index in [4.69, 9.17) is 4.99 Å². The molecule has 0 aromatic heterocycles. The van der Waals surface area contributed by atoms with E-state index in [1.807, 2.05) is 0 Å². The molecule has 0 N–H and O–H groups in total. The van der Waals surface area contributed by atoms with Gasteiger partial charge in [0.15, 0.2) is 0 Å². The van der Waals surface area contributed by atoms with E-state index in [0.717, 1.165) is 6.42 Å². The molecule has 136 valence electrons. The van der Waals surface area contributed by atoms with E-state index >= 15 is 0 Å². The van der Waals surface area contributed by atoms with Crippen molar-refractivity contribution in [3.8, 4) is 11.1 Å². The molecule has 0 spiro atoms. The minimum absolute atomic E-state index is 0.198. The van der Waals surface area contributed by atoms with Crippen molar-refractivity contribution >= 4 is 6.21 Å². The standard InChI is InChI=1S/C26H27N/c1-16-6-17(2)9-21(8-16)24-13-20(5)12-23-15-27-26(14-25(23)24)22-10-18(3)7-19(4)11-22/h6-13,15,26H,14H2,1-5H3. The Bertz CT molecular complexity index is 1020. The third kappa shape index (κ3) is 3.60. The lowest BCUT2D eigenvalue weighted by atomic mass is 9.85. The Kier molecular flexibility index (Phi) is 4.47. The largest absolute Gasteiger partial charge is 0.284 e. The van der Waals surface area contributed by atoms with Crippen LogP contribution >= 0.6 is 0 Å². The molecular weight excluding hydrogens is 326 g/mol. The van der Waals surface area contributed by atoms with Crippen molar-refractivity contribution < 1.29 is 0 Å². The minimum atomic E-state index is 0.198. The smallest absolute Gasteiger partial charge is 0.0790 e. The van der Waals surface area contributed by atoms with Crippen LogP contribution in [0.25, 0.3) is 11.1 Å². The number of fused-ring (bicyclic) bond motifs is 1. The first kappa shape index (κ1) is 17.7. The van der Waals surface area contributed by atoms with Crippen LogP contribution in [0.2, 0.25) is 0 Å². The summed E-state index contributed by atoms with van der Waals surface area (Å²) in [7, 11) is 0. The molecule has 0 saturated carbocycles. The number of hydrogen-bond donors (Lipinski definition) is 0. The van der Waals surface area contributed by atoms with Crippen molar-refractivity contribution in [1.29, 1.82) is 0 Å². The third-order valence-electron chi connectivity index (χ3n) is 5.38. The van der Waals surface area contributed by atoms with Crippen LogP contribution in [-0.4, -0.2) is 6.21 Å². The van der Waals surface area contributed by atoms with Crippen molar-refractivity contribution in [2.45, 2.75) is 47.1 Å². The van der Waals surface area contributed by atoms with Gasteiger partial charge in [0.05, 0.1) is 6.04 Å². The SMILES string of the molecule is Cc1cc(C)cc(-c2cc(C)cc3c2CC(c2cc(C)cc(C)c2)N=C3)c1. The Balaban J connectivity index is 1.83. The highest BCUT2D eigenvalue weighted by Crippen LogP contribution is 2.36. The lowest BCUT2D eigenvalue weighted by Gasteiger charge is -2.24. The molecule has 0 aliphatic carbocycles. The van der Waals surface area contributed by atoms with Gasteiger partial charge in [-0.25, -0.2) is 0 Å². The maximum absolute atomic E-state index is 4.91. The van der Waals surface area contributed by atoms with E-state index < -0.39 is 0 Å². The van der Waals surface area contributed by atoms with Crippen LogP contribution < -0.4 is 0 Å². The normalized spacial score (nSPS) is 15.7. The van der Waals surface area contributed by atoms with Gasteiger partial charge in [0.1, 0.15) is 0 Å². The number of nitrogens with zero attached hydrogens (tertiary/aromatic N) is 1. The van der Waals surface area contributed by atoms with Crippen molar-refractivity contribution in [3.63, 3.8) is 0 Å². The third-order valence-corrected chi connectivity index (χ3v) is 5.38. The molecular formula is C26H27N. The summed E-state index contributed by atoms with van der Waals surface area (Å²) in [5.74, 6) is 0. The lowest BCUT2D eigenvalue weighted by Crippen LogP contribution is -2.11. The Labute approximate surface area is 162 Å². The molecule has 3 aromatic carbocycles. The van der Waals surface area contributed by atoms with Crippen LogP contribution in [0.5, 0.6) is 0 Å². The first-order valence-corrected chi connectivity index (χ1v) is 9.72. The molecule has 1 heterocycles. The second-order valence-corrected chi connectivity index (χ2v) is 8.18. The Hall–Kier alpha value is -2.67. The van der Waals surface area contributed by atoms with Crippen LogP contribution in [0.15, 0.2) is 53.5 Å². The number of aliphatic imine (C=N–C) groups is 1. The Morgan fingerprint density at radius 2 is 1.22 bits per heavy atom. The van der Waals surface area contributed by atoms with Gasteiger partial charge < -0.3 is 0 Å². The van der Waals surface area contributed by atoms with Crippen LogP contribution in [0, 0.1) is 34.6 Å². The highest BCUT2D eigenvalue weighted by molar-refractivity contribution is 5.88. The molecule has 1 heteroatoms. The Morgan fingerprint density at radius 3 is 1.85 bits per heavy atom. The highest BCUT2D eigenvalue weighted by atomic mass is 14.8. The lowest BCUT2D eigenvalue weighted by molar-refractivity contribution is 0.716. The maximum Gasteiger partial charge on any atom is 0.0790 e. The van der Waals surface area contributed by atoms with Gasteiger partial charge in [0, 0.05) is 12.6 Å². The van der Waals surface area contributed by atoms with E-state index in [2.05, 4.69) is 89.4 Å². The fourth-order valence-electron chi connectivity index (χ4n) is 4.40. The number of rotatable bonds is 2. The first-order chi connectivity index (χ1) is 12.9. The molecule has 0 radical (unpaired) electrons. The van der Waals surface area contributed by atoms with Crippen LogP contribution in [0.3, 0.4) is 0 Å². The summed E-state index contributed by atoms with van der Waals surface area (Å²) in [5.41, 5.74) is 13.2. The van der Waals surface area contributed by atoms with Crippen molar-refractivity contribution in [1.82, 2.24) is 0 Å². The zero-order valence-corrected chi connectivity index (χ0v) is 16.9. The minimum Gasteiger partial charge on any atom is -0.284 e. The first-order valence-electron chi connectivity index (χ1n) is 9.72. The van der Waals surface area contributed by atoms with Gasteiger partial charge in [-0.05, 0) is 68.0 Å². The summed E-state index contributed by atoms with van der Waals surface area (Å²) < 4.78 is 0. The number of hydrogen-bond acceptors (Lipinski definition) is 1. The fraction of sp³-hybridized carbons (Fsp3) is 0.269. The van der Waals surface area contributed by atoms with Crippen molar-refractivity contribution in [2.24, 2.45) is 4.99 Å². The van der Waals surface area contributed by atoms with Gasteiger partial charge in [-0.2, -0.15) is 0 Å². The van der Waals surface area contributed by atoms with Crippen LogP contribution in [-0.2, 0) is 6.42 Å². The maximum atomic E-state index is 4.91. The van der Waals surface area contributed by atoms with Gasteiger partial charge in [-0.15, -0.1) is 0 Å². The zero-order chi connectivity index (χ0) is 19.1. The summed E-state index contributed by atoms with van der Waals surface area (Å²) in [6, 6.07) is 18.4. The molecule has 3 aromatic rings. The average Bonchev–Trinajstić information content (AvgIpc) is 2.59. The second-order valence-electron chi connectivity index (χ2n) is 8.18. The van der Waals surface area contributed by atoms with Gasteiger partial charge in [-0.3, -0.25) is 4.99 Å². The van der Waals surface area contributed by atoms with Gasteiger partial charge in [0.2, 0.25) is 0 Å². The summed E-state index contributed by atoms with van der Waals surface area (Å²) in [5, 5.41) is 0. The molecule has 1 aliphatic heterocycles. The number of benzene rings is 3. The number of aryl methyl sites for hydroxylation is 5. The predicted octanol–water partition coefficient (Wildman–Crippen LogP) is 6.61. The molecule has 1 nitrogen and oxygen atoms in total. The second kappa shape index (κ2) is 6.81. The molecule has 1 aliphatic rings. The highest BCUT2D eigenvalue weighted by Gasteiger charge is 2.21.